The number of halogens is 1. The van der Waals surface area contributed by atoms with Gasteiger partial charge in [-0.2, -0.15) is 5.26 Å². The van der Waals surface area contributed by atoms with Gasteiger partial charge in [0.2, 0.25) is 0 Å². The summed E-state index contributed by atoms with van der Waals surface area (Å²) >= 11 is 2.17. The van der Waals surface area contributed by atoms with Crippen molar-refractivity contribution in [1.29, 1.82) is 5.26 Å². The summed E-state index contributed by atoms with van der Waals surface area (Å²) in [4.78, 5) is 12.5. The summed E-state index contributed by atoms with van der Waals surface area (Å²) in [5, 5.41) is 15.3. The maximum atomic E-state index is 12.5. The molecule has 0 radical (unpaired) electrons. The van der Waals surface area contributed by atoms with Gasteiger partial charge in [-0.15, -0.1) is 0 Å². The van der Waals surface area contributed by atoms with Crippen LogP contribution in [0.4, 0.5) is 17.1 Å². The first-order valence-corrected chi connectivity index (χ1v) is 8.67. The molecule has 3 aromatic carbocycles. The number of carbonyl (C=O) groups is 1. The smallest absolute Gasteiger partial charge is 0.255 e. The molecule has 0 aliphatic carbocycles. The van der Waals surface area contributed by atoms with Gasteiger partial charge in [-0.3, -0.25) is 4.79 Å². The monoisotopic (exact) mass is 439 g/mol. The van der Waals surface area contributed by atoms with Gasteiger partial charge in [-0.25, -0.2) is 0 Å². The largest absolute Gasteiger partial charge is 0.354 e. The lowest BCUT2D eigenvalue weighted by Gasteiger charge is -2.14. The number of para-hydroxylation sites is 1. The second-order valence-corrected chi connectivity index (χ2v) is 6.57. The third-order valence-electron chi connectivity index (χ3n) is 3.54. The Bertz CT molecular complexity index is 949. The van der Waals surface area contributed by atoms with Crippen LogP contribution in [0.25, 0.3) is 0 Å². The van der Waals surface area contributed by atoms with E-state index in [9.17, 15) is 4.79 Å². The van der Waals surface area contributed by atoms with Crippen molar-refractivity contribution < 1.29 is 4.79 Å². The van der Waals surface area contributed by atoms with E-state index in [4.69, 9.17) is 5.26 Å². The molecule has 25 heavy (non-hydrogen) atoms. The van der Waals surface area contributed by atoms with Crippen LogP contribution in [0.1, 0.15) is 15.9 Å². The normalized spacial score (nSPS) is 9.92. The standard InChI is InChI=1S/C20H14IN3O/c21-16-6-4-5-15(12-16)20(25)24-19-11-14(13-22)9-10-18(19)23-17-7-2-1-3-8-17/h1-12,23H,(H,24,25). The fourth-order valence-electron chi connectivity index (χ4n) is 2.33. The molecule has 0 bridgehead atoms. The molecule has 0 aliphatic rings. The number of carbonyl (C=O) groups excluding carboxylic acids is 1. The number of anilines is 3. The average molecular weight is 439 g/mol. The van der Waals surface area contributed by atoms with Gasteiger partial charge < -0.3 is 10.6 Å². The predicted octanol–water partition coefficient (Wildman–Crippen LogP) is 5.16. The molecule has 5 heteroatoms. The highest BCUT2D eigenvalue weighted by Crippen LogP contribution is 2.27. The lowest BCUT2D eigenvalue weighted by atomic mass is 10.1. The van der Waals surface area contributed by atoms with Gasteiger partial charge in [0.25, 0.3) is 5.91 Å². The Morgan fingerprint density at radius 3 is 2.44 bits per heavy atom. The van der Waals surface area contributed by atoms with E-state index < -0.39 is 0 Å². The van der Waals surface area contributed by atoms with Crippen LogP contribution in [0.3, 0.4) is 0 Å². The molecular formula is C20H14IN3O. The first kappa shape index (κ1) is 17.0. The fourth-order valence-corrected chi connectivity index (χ4v) is 2.87. The van der Waals surface area contributed by atoms with Crippen LogP contribution in [-0.4, -0.2) is 5.91 Å². The number of nitrogens with one attached hydrogen (secondary N) is 2. The first-order valence-electron chi connectivity index (χ1n) is 7.59. The van der Waals surface area contributed by atoms with Crippen LogP contribution >= 0.6 is 22.6 Å². The zero-order valence-corrected chi connectivity index (χ0v) is 15.3. The minimum absolute atomic E-state index is 0.218. The lowest BCUT2D eigenvalue weighted by molar-refractivity contribution is 0.102. The van der Waals surface area contributed by atoms with E-state index in [2.05, 4.69) is 39.3 Å². The predicted molar refractivity (Wildman–Crippen MR) is 108 cm³/mol. The molecule has 0 atom stereocenters. The van der Waals surface area contributed by atoms with Crippen LogP contribution in [-0.2, 0) is 0 Å². The van der Waals surface area contributed by atoms with Crippen LogP contribution < -0.4 is 10.6 Å². The minimum atomic E-state index is -0.218. The molecule has 0 unspecified atom stereocenters. The van der Waals surface area contributed by atoms with E-state index in [1.807, 2.05) is 48.5 Å². The maximum absolute atomic E-state index is 12.5. The second kappa shape index (κ2) is 7.81. The molecule has 0 fully saturated rings. The van der Waals surface area contributed by atoms with E-state index in [1.165, 1.54) is 0 Å². The Morgan fingerprint density at radius 1 is 0.920 bits per heavy atom. The topological polar surface area (TPSA) is 64.9 Å². The molecule has 4 nitrogen and oxygen atoms in total. The maximum Gasteiger partial charge on any atom is 0.255 e. The highest BCUT2D eigenvalue weighted by Gasteiger charge is 2.11. The third-order valence-corrected chi connectivity index (χ3v) is 4.21. The molecule has 0 heterocycles. The highest BCUT2D eigenvalue weighted by atomic mass is 127. The van der Waals surface area contributed by atoms with Gasteiger partial charge in [0.05, 0.1) is 23.0 Å². The van der Waals surface area contributed by atoms with Crippen molar-refractivity contribution in [3.63, 3.8) is 0 Å². The SMILES string of the molecule is N#Cc1ccc(Nc2ccccc2)c(NC(=O)c2cccc(I)c2)c1. The molecule has 122 valence electrons. The zero-order valence-electron chi connectivity index (χ0n) is 13.2. The summed E-state index contributed by atoms with van der Waals surface area (Å²) in [7, 11) is 0. The van der Waals surface area contributed by atoms with Gasteiger partial charge in [-0.05, 0) is 71.1 Å². The number of nitrogens with zero attached hydrogens (tertiary/aromatic N) is 1. The lowest BCUT2D eigenvalue weighted by Crippen LogP contribution is -2.13. The van der Waals surface area contributed by atoms with Gasteiger partial charge in [0.15, 0.2) is 0 Å². The van der Waals surface area contributed by atoms with Crippen molar-refractivity contribution in [2.24, 2.45) is 0 Å². The molecular weight excluding hydrogens is 425 g/mol. The number of amides is 1. The molecule has 1 amide bonds. The molecule has 3 rings (SSSR count). The summed E-state index contributed by atoms with van der Waals surface area (Å²) in [5.74, 6) is -0.218. The number of benzene rings is 3. The summed E-state index contributed by atoms with van der Waals surface area (Å²) in [6.07, 6.45) is 0. The molecule has 0 saturated heterocycles. The van der Waals surface area contributed by atoms with E-state index in [1.54, 1.807) is 24.3 Å². The number of hydrogen-bond donors (Lipinski definition) is 2. The Balaban J connectivity index is 1.91. The number of hydrogen-bond acceptors (Lipinski definition) is 3. The van der Waals surface area contributed by atoms with E-state index >= 15 is 0 Å². The summed E-state index contributed by atoms with van der Waals surface area (Å²) < 4.78 is 0.985. The molecule has 0 saturated carbocycles. The van der Waals surface area contributed by atoms with E-state index in [-0.39, 0.29) is 5.91 Å². The van der Waals surface area contributed by atoms with Crippen LogP contribution in [0.5, 0.6) is 0 Å². The van der Waals surface area contributed by atoms with Crippen molar-refractivity contribution in [2.45, 2.75) is 0 Å². The van der Waals surface area contributed by atoms with Gasteiger partial charge >= 0.3 is 0 Å². The average Bonchev–Trinajstić information content (AvgIpc) is 2.64. The van der Waals surface area contributed by atoms with Crippen molar-refractivity contribution in [1.82, 2.24) is 0 Å². The number of nitriles is 1. The van der Waals surface area contributed by atoms with Crippen molar-refractivity contribution in [3.05, 3.63) is 87.5 Å². The fraction of sp³-hybridized carbons (Fsp3) is 0. The molecule has 0 spiro atoms. The van der Waals surface area contributed by atoms with Crippen LogP contribution in [0.2, 0.25) is 0 Å². The molecule has 2 N–H and O–H groups in total. The van der Waals surface area contributed by atoms with Crippen molar-refractivity contribution in [3.8, 4) is 6.07 Å². The van der Waals surface area contributed by atoms with E-state index in [0.29, 0.717) is 16.8 Å². The quantitative estimate of drug-likeness (QED) is 0.553. The second-order valence-electron chi connectivity index (χ2n) is 5.33. The van der Waals surface area contributed by atoms with Crippen molar-refractivity contribution >= 4 is 45.6 Å². The van der Waals surface area contributed by atoms with Gasteiger partial charge in [0, 0.05) is 14.8 Å². The Morgan fingerprint density at radius 2 is 1.72 bits per heavy atom. The first-order chi connectivity index (χ1) is 12.2. The molecule has 3 aromatic rings. The summed E-state index contributed by atoms with van der Waals surface area (Å²) in [6, 6.07) is 24.3. The van der Waals surface area contributed by atoms with Crippen molar-refractivity contribution in [2.75, 3.05) is 10.6 Å². The third kappa shape index (κ3) is 4.37. The van der Waals surface area contributed by atoms with Crippen LogP contribution in [0, 0.1) is 14.9 Å². The highest BCUT2D eigenvalue weighted by molar-refractivity contribution is 14.1. The summed E-state index contributed by atoms with van der Waals surface area (Å²) in [6.45, 7) is 0. The Hall–Kier alpha value is -2.85. The van der Waals surface area contributed by atoms with Gasteiger partial charge in [-0.1, -0.05) is 24.3 Å². The van der Waals surface area contributed by atoms with E-state index in [0.717, 1.165) is 14.9 Å². The molecule has 0 aromatic heterocycles. The Labute approximate surface area is 159 Å². The number of rotatable bonds is 4. The van der Waals surface area contributed by atoms with Crippen LogP contribution in [0.15, 0.2) is 72.8 Å². The minimum Gasteiger partial charge on any atom is -0.354 e. The van der Waals surface area contributed by atoms with Gasteiger partial charge in [0.1, 0.15) is 0 Å². The molecule has 0 aliphatic heterocycles. The zero-order chi connectivity index (χ0) is 17.6. The Kier molecular flexibility index (Phi) is 5.31. The summed E-state index contributed by atoms with van der Waals surface area (Å²) in [5.41, 5.74) is 3.24.